The van der Waals surface area contributed by atoms with Gasteiger partial charge in [-0.25, -0.2) is 0 Å². The van der Waals surface area contributed by atoms with Crippen molar-refractivity contribution < 1.29 is 0 Å². The molecule has 1 aromatic heterocycles. The zero-order valence-electron chi connectivity index (χ0n) is 9.88. The number of H-pyrrole nitrogens is 1. The highest BCUT2D eigenvalue weighted by Gasteiger charge is 2.05. The molecule has 2 rings (SSSR count). The van der Waals surface area contributed by atoms with E-state index in [2.05, 4.69) is 39.1 Å². The molecule has 1 N–H and O–H groups in total. The van der Waals surface area contributed by atoms with E-state index < -0.39 is 0 Å². The first-order valence-electron chi connectivity index (χ1n) is 5.47. The van der Waals surface area contributed by atoms with Crippen molar-refractivity contribution in [3.8, 4) is 11.3 Å². The van der Waals surface area contributed by atoms with Gasteiger partial charge in [0.2, 0.25) is 0 Å². The van der Waals surface area contributed by atoms with Gasteiger partial charge in [0.15, 0.2) is 0 Å². The first-order chi connectivity index (χ1) is 8.11. The van der Waals surface area contributed by atoms with Crippen molar-refractivity contribution in [2.24, 2.45) is 0 Å². The van der Waals surface area contributed by atoms with Crippen LogP contribution in [0.2, 0.25) is 0 Å². The fourth-order valence-electron chi connectivity index (χ4n) is 1.79. The third kappa shape index (κ3) is 2.50. The maximum atomic E-state index is 11.8. The van der Waals surface area contributed by atoms with E-state index in [-0.39, 0.29) is 5.56 Å². The molecule has 2 aromatic rings. The van der Waals surface area contributed by atoms with Crippen LogP contribution in [0.15, 0.2) is 35.1 Å². The molecule has 2 nitrogen and oxygen atoms in total. The number of halogens is 1. The molecule has 3 heteroatoms. The minimum Gasteiger partial charge on any atom is -0.322 e. The van der Waals surface area contributed by atoms with Gasteiger partial charge >= 0.3 is 0 Å². The molecule has 0 bridgehead atoms. The van der Waals surface area contributed by atoms with Crippen LogP contribution in [0.4, 0.5) is 0 Å². The third-order valence-corrected chi connectivity index (χ3v) is 3.42. The fourth-order valence-corrected chi connectivity index (χ4v) is 2.23. The molecular formula is C14H14BrNO. The van der Waals surface area contributed by atoms with E-state index >= 15 is 0 Å². The van der Waals surface area contributed by atoms with Crippen molar-refractivity contribution in [3.05, 3.63) is 57.4 Å². The van der Waals surface area contributed by atoms with Crippen LogP contribution < -0.4 is 5.56 Å². The minimum absolute atomic E-state index is 0.0275. The number of aromatic nitrogens is 1. The first kappa shape index (κ1) is 12.1. The predicted octanol–water partition coefficient (Wildman–Crippen LogP) is 3.55. The monoisotopic (exact) mass is 291 g/mol. The van der Waals surface area contributed by atoms with Gasteiger partial charge in [-0.1, -0.05) is 39.7 Å². The molecule has 17 heavy (non-hydrogen) atoms. The number of aromatic amines is 1. The Balaban J connectivity index is 2.57. The summed E-state index contributed by atoms with van der Waals surface area (Å²) in [6.07, 6.45) is 0. The Hall–Kier alpha value is -1.35. The molecule has 1 aromatic carbocycles. The average molecular weight is 292 g/mol. The SMILES string of the molecule is Cc1ccc(C)c(-c2ccc(CBr)c(=O)[nH]2)c1. The second-order valence-corrected chi connectivity index (χ2v) is 4.74. The van der Waals surface area contributed by atoms with Gasteiger partial charge < -0.3 is 4.98 Å². The molecule has 0 aliphatic carbocycles. The van der Waals surface area contributed by atoms with Crippen LogP contribution in [0.1, 0.15) is 16.7 Å². The third-order valence-electron chi connectivity index (χ3n) is 2.82. The van der Waals surface area contributed by atoms with Crippen LogP contribution in [0.25, 0.3) is 11.3 Å². The van der Waals surface area contributed by atoms with Crippen LogP contribution in [-0.2, 0) is 5.33 Å². The van der Waals surface area contributed by atoms with Gasteiger partial charge in [-0.2, -0.15) is 0 Å². The smallest absolute Gasteiger partial charge is 0.252 e. The number of aryl methyl sites for hydroxylation is 2. The number of hydrogen-bond acceptors (Lipinski definition) is 1. The number of nitrogens with one attached hydrogen (secondary N) is 1. The molecule has 0 saturated carbocycles. The first-order valence-corrected chi connectivity index (χ1v) is 6.60. The summed E-state index contributed by atoms with van der Waals surface area (Å²) in [4.78, 5) is 14.7. The maximum absolute atomic E-state index is 11.8. The summed E-state index contributed by atoms with van der Waals surface area (Å²) >= 11 is 3.30. The summed E-state index contributed by atoms with van der Waals surface area (Å²) in [7, 11) is 0. The second kappa shape index (κ2) is 4.88. The molecule has 0 fully saturated rings. The van der Waals surface area contributed by atoms with Gasteiger partial charge in [0.1, 0.15) is 0 Å². The molecule has 0 radical (unpaired) electrons. The van der Waals surface area contributed by atoms with Crippen LogP contribution in [-0.4, -0.2) is 4.98 Å². The maximum Gasteiger partial charge on any atom is 0.252 e. The van der Waals surface area contributed by atoms with Gasteiger partial charge in [-0.15, -0.1) is 0 Å². The number of rotatable bonds is 2. The van der Waals surface area contributed by atoms with Crippen LogP contribution in [0.3, 0.4) is 0 Å². The predicted molar refractivity (Wildman–Crippen MR) is 74.6 cm³/mol. The zero-order chi connectivity index (χ0) is 12.4. The fraction of sp³-hybridized carbons (Fsp3) is 0.214. The minimum atomic E-state index is -0.0275. The molecule has 0 aliphatic heterocycles. The largest absolute Gasteiger partial charge is 0.322 e. The Morgan fingerprint density at radius 1 is 1.18 bits per heavy atom. The number of pyridine rings is 1. The molecular weight excluding hydrogens is 278 g/mol. The van der Waals surface area contributed by atoms with E-state index in [0.29, 0.717) is 5.33 Å². The van der Waals surface area contributed by atoms with Crippen molar-refractivity contribution in [3.63, 3.8) is 0 Å². The van der Waals surface area contributed by atoms with Crippen molar-refractivity contribution in [2.75, 3.05) is 0 Å². The van der Waals surface area contributed by atoms with Crippen LogP contribution in [0.5, 0.6) is 0 Å². The van der Waals surface area contributed by atoms with E-state index in [1.54, 1.807) is 0 Å². The molecule has 0 aliphatic rings. The van der Waals surface area contributed by atoms with E-state index in [1.807, 2.05) is 26.0 Å². The zero-order valence-corrected chi connectivity index (χ0v) is 11.5. The van der Waals surface area contributed by atoms with E-state index in [4.69, 9.17) is 0 Å². The Bertz CT molecular complexity index is 601. The van der Waals surface area contributed by atoms with E-state index in [0.717, 1.165) is 22.4 Å². The quantitative estimate of drug-likeness (QED) is 0.844. The van der Waals surface area contributed by atoms with E-state index in [9.17, 15) is 4.79 Å². The Morgan fingerprint density at radius 3 is 2.59 bits per heavy atom. The highest BCUT2D eigenvalue weighted by atomic mass is 79.9. The number of hydrogen-bond donors (Lipinski definition) is 1. The molecule has 0 unspecified atom stereocenters. The lowest BCUT2D eigenvalue weighted by molar-refractivity contribution is 1.17. The number of benzene rings is 1. The number of alkyl halides is 1. The molecule has 0 atom stereocenters. The highest BCUT2D eigenvalue weighted by molar-refractivity contribution is 9.08. The lowest BCUT2D eigenvalue weighted by atomic mass is 10.0. The molecule has 0 amide bonds. The van der Waals surface area contributed by atoms with Gasteiger partial charge in [0.05, 0.1) is 0 Å². The molecule has 0 saturated heterocycles. The lowest BCUT2D eigenvalue weighted by Gasteiger charge is -2.07. The van der Waals surface area contributed by atoms with Gasteiger partial charge in [0, 0.05) is 22.2 Å². The van der Waals surface area contributed by atoms with Gasteiger partial charge in [-0.3, -0.25) is 4.79 Å². The molecule has 0 spiro atoms. The molecule has 1 heterocycles. The van der Waals surface area contributed by atoms with Crippen molar-refractivity contribution >= 4 is 15.9 Å². The average Bonchev–Trinajstić information content (AvgIpc) is 2.32. The van der Waals surface area contributed by atoms with Crippen molar-refractivity contribution in [1.29, 1.82) is 0 Å². The molecule has 88 valence electrons. The second-order valence-electron chi connectivity index (χ2n) is 4.18. The summed E-state index contributed by atoms with van der Waals surface area (Å²) in [5, 5.41) is 0.579. The topological polar surface area (TPSA) is 32.9 Å². The standard InChI is InChI=1S/C14H14BrNO/c1-9-3-4-10(2)12(7-9)13-6-5-11(8-15)14(17)16-13/h3-7H,8H2,1-2H3,(H,16,17). The summed E-state index contributed by atoms with van der Waals surface area (Å²) in [5.74, 6) is 0. The summed E-state index contributed by atoms with van der Waals surface area (Å²) in [5.41, 5.74) is 5.04. The summed E-state index contributed by atoms with van der Waals surface area (Å²) in [6.45, 7) is 4.10. The van der Waals surface area contributed by atoms with Crippen LogP contribution >= 0.6 is 15.9 Å². The van der Waals surface area contributed by atoms with Crippen molar-refractivity contribution in [1.82, 2.24) is 4.98 Å². The summed E-state index contributed by atoms with van der Waals surface area (Å²) < 4.78 is 0. The van der Waals surface area contributed by atoms with Gasteiger partial charge in [0.25, 0.3) is 5.56 Å². The Labute approximate surface area is 109 Å². The Kier molecular flexibility index (Phi) is 3.48. The van der Waals surface area contributed by atoms with Crippen molar-refractivity contribution in [2.45, 2.75) is 19.2 Å². The van der Waals surface area contributed by atoms with Crippen LogP contribution in [0, 0.1) is 13.8 Å². The summed E-state index contributed by atoms with van der Waals surface area (Å²) in [6, 6.07) is 10.1. The normalized spacial score (nSPS) is 10.5. The highest BCUT2D eigenvalue weighted by Crippen LogP contribution is 2.22. The lowest BCUT2D eigenvalue weighted by Crippen LogP contribution is -2.11. The van der Waals surface area contributed by atoms with E-state index in [1.165, 1.54) is 5.56 Å². The Morgan fingerprint density at radius 2 is 1.94 bits per heavy atom. The van der Waals surface area contributed by atoms with Gasteiger partial charge in [-0.05, 0) is 31.5 Å².